The molecule has 0 aliphatic rings. The van der Waals surface area contributed by atoms with E-state index in [1.54, 1.807) is 0 Å². The second kappa shape index (κ2) is 1.85. The SMILES string of the molecule is [NH]c1ccc(O)cc1O. The van der Waals surface area contributed by atoms with E-state index < -0.39 is 0 Å². The molecule has 0 aliphatic carbocycles. The molecule has 1 radical (unpaired) electrons. The minimum absolute atomic E-state index is 0.0211. The smallest absolute Gasteiger partial charge is 0.144 e. The Balaban J connectivity index is 3.17. The highest BCUT2D eigenvalue weighted by atomic mass is 16.3. The first-order valence-corrected chi connectivity index (χ1v) is 2.44. The quantitative estimate of drug-likeness (QED) is 0.400. The number of phenolic OH excluding ortho intramolecular Hbond substituents is 2. The van der Waals surface area contributed by atoms with Crippen LogP contribution in [0.25, 0.3) is 0 Å². The van der Waals surface area contributed by atoms with Crippen molar-refractivity contribution in [1.82, 2.24) is 5.73 Å². The molecule has 0 unspecified atom stereocenters. The van der Waals surface area contributed by atoms with Crippen molar-refractivity contribution in [2.75, 3.05) is 0 Å². The molecular weight excluding hydrogens is 118 g/mol. The fraction of sp³-hybridized carbons (Fsp3) is 0. The molecule has 3 N–H and O–H groups in total. The average molecular weight is 124 g/mol. The molecule has 0 aromatic heterocycles. The van der Waals surface area contributed by atoms with E-state index in [0.717, 1.165) is 6.07 Å². The Morgan fingerprint density at radius 1 is 1.22 bits per heavy atom. The lowest BCUT2D eigenvalue weighted by atomic mass is 10.3. The molecule has 0 aliphatic heterocycles. The average Bonchev–Trinajstić information content (AvgIpc) is 1.80. The van der Waals surface area contributed by atoms with Crippen LogP contribution in [-0.4, -0.2) is 10.2 Å². The van der Waals surface area contributed by atoms with E-state index in [1.165, 1.54) is 12.1 Å². The van der Waals surface area contributed by atoms with Gasteiger partial charge in [0, 0.05) is 6.07 Å². The van der Waals surface area contributed by atoms with Crippen molar-refractivity contribution in [3.8, 4) is 11.5 Å². The molecule has 0 fully saturated rings. The summed E-state index contributed by atoms with van der Waals surface area (Å²) in [4.78, 5) is 0. The van der Waals surface area contributed by atoms with E-state index in [0.29, 0.717) is 0 Å². The third-order valence-electron chi connectivity index (χ3n) is 0.981. The molecule has 3 nitrogen and oxygen atoms in total. The maximum atomic E-state index is 8.75. The molecule has 0 bridgehead atoms. The summed E-state index contributed by atoms with van der Waals surface area (Å²) in [5, 5.41) is 17.4. The lowest BCUT2D eigenvalue weighted by molar-refractivity contribution is 0.451. The Hall–Kier alpha value is -1.38. The number of nitrogens with one attached hydrogen (secondary N) is 1. The second-order valence-corrected chi connectivity index (χ2v) is 1.70. The van der Waals surface area contributed by atoms with Gasteiger partial charge in [-0.2, -0.15) is 0 Å². The van der Waals surface area contributed by atoms with Gasteiger partial charge in [0.25, 0.3) is 0 Å². The summed E-state index contributed by atoms with van der Waals surface area (Å²) in [5.41, 5.74) is 6.98. The van der Waals surface area contributed by atoms with Crippen LogP contribution >= 0.6 is 0 Å². The molecule has 0 saturated heterocycles. The Bertz CT molecular complexity index is 222. The minimum atomic E-state index is -0.199. The molecule has 0 amide bonds. The van der Waals surface area contributed by atoms with Gasteiger partial charge in [0.05, 0.1) is 5.69 Å². The van der Waals surface area contributed by atoms with Crippen LogP contribution in [-0.2, 0) is 0 Å². The first kappa shape index (κ1) is 5.75. The number of phenols is 2. The van der Waals surface area contributed by atoms with Gasteiger partial charge >= 0.3 is 0 Å². The number of rotatable bonds is 0. The second-order valence-electron chi connectivity index (χ2n) is 1.70. The number of hydrogen-bond acceptors (Lipinski definition) is 2. The topological polar surface area (TPSA) is 64.3 Å². The molecule has 1 rings (SSSR count). The van der Waals surface area contributed by atoms with E-state index in [-0.39, 0.29) is 17.2 Å². The van der Waals surface area contributed by atoms with Crippen molar-refractivity contribution >= 4 is 5.69 Å². The fourth-order valence-corrected chi connectivity index (χ4v) is 0.520. The van der Waals surface area contributed by atoms with Gasteiger partial charge in [0.2, 0.25) is 0 Å². The molecule has 1 aromatic carbocycles. The summed E-state index contributed by atoms with van der Waals surface area (Å²) >= 11 is 0. The molecule has 0 saturated carbocycles. The zero-order chi connectivity index (χ0) is 6.85. The molecule has 1 aromatic rings. The molecule has 9 heavy (non-hydrogen) atoms. The summed E-state index contributed by atoms with van der Waals surface area (Å²) < 4.78 is 0. The van der Waals surface area contributed by atoms with Crippen molar-refractivity contribution in [1.29, 1.82) is 0 Å². The molecule has 0 spiro atoms. The molecule has 0 heterocycles. The van der Waals surface area contributed by atoms with Crippen molar-refractivity contribution < 1.29 is 10.2 Å². The molecule has 47 valence electrons. The van der Waals surface area contributed by atoms with Crippen molar-refractivity contribution in [3.05, 3.63) is 18.2 Å². The largest absolute Gasteiger partial charge is 0.508 e. The van der Waals surface area contributed by atoms with E-state index >= 15 is 0 Å². The van der Waals surface area contributed by atoms with Crippen molar-refractivity contribution in [2.24, 2.45) is 0 Å². The van der Waals surface area contributed by atoms with E-state index in [9.17, 15) is 0 Å². The summed E-state index contributed by atoms with van der Waals surface area (Å²) in [6, 6.07) is 3.80. The Morgan fingerprint density at radius 3 is 2.33 bits per heavy atom. The van der Waals surface area contributed by atoms with Crippen LogP contribution in [0.15, 0.2) is 18.2 Å². The van der Waals surface area contributed by atoms with Gasteiger partial charge in [0.15, 0.2) is 0 Å². The molecular formula is C6H6NO2. The Morgan fingerprint density at radius 2 is 1.89 bits per heavy atom. The summed E-state index contributed by atoms with van der Waals surface area (Å²) in [6.07, 6.45) is 0. The number of hydrogen-bond donors (Lipinski definition) is 2. The highest BCUT2D eigenvalue weighted by molar-refractivity contribution is 5.51. The predicted octanol–water partition coefficient (Wildman–Crippen LogP) is 1.01. The number of aromatic hydroxyl groups is 2. The van der Waals surface area contributed by atoms with Gasteiger partial charge in [0.1, 0.15) is 11.5 Å². The summed E-state index contributed by atoms with van der Waals surface area (Å²) in [7, 11) is 0. The summed E-state index contributed by atoms with van der Waals surface area (Å²) in [6.45, 7) is 0. The van der Waals surface area contributed by atoms with Crippen LogP contribution in [0, 0.1) is 0 Å². The fourth-order valence-electron chi connectivity index (χ4n) is 0.520. The lowest BCUT2D eigenvalue weighted by Crippen LogP contribution is -1.70. The van der Waals surface area contributed by atoms with E-state index in [1.807, 2.05) is 0 Å². The predicted molar refractivity (Wildman–Crippen MR) is 32.5 cm³/mol. The van der Waals surface area contributed by atoms with Gasteiger partial charge < -0.3 is 10.2 Å². The minimum Gasteiger partial charge on any atom is -0.508 e. The summed E-state index contributed by atoms with van der Waals surface area (Å²) in [5.74, 6) is -0.224. The monoisotopic (exact) mass is 124 g/mol. The Labute approximate surface area is 52.4 Å². The Kier molecular flexibility index (Phi) is 1.18. The first-order valence-electron chi connectivity index (χ1n) is 2.44. The normalized spacial score (nSPS) is 9.33. The zero-order valence-electron chi connectivity index (χ0n) is 4.63. The zero-order valence-corrected chi connectivity index (χ0v) is 4.63. The maximum absolute atomic E-state index is 8.75. The standard InChI is InChI=1S/C6H6NO2/c7-5-2-1-4(8)3-6(5)9/h1-3,7-9H. The maximum Gasteiger partial charge on any atom is 0.144 e. The van der Waals surface area contributed by atoms with E-state index in [4.69, 9.17) is 15.9 Å². The first-order chi connectivity index (χ1) is 4.20. The van der Waals surface area contributed by atoms with Crippen LogP contribution in [0.2, 0.25) is 0 Å². The lowest BCUT2D eigenvalue weighted by Gasteiger charge is -1.95. The van der Waals surface area contributed by atoms with E-state index in [2.05, 4.69) is 0 Å². The van der Waals surface area contributed by atoms with Crippen LogP contribution in [0.5, 0.6) is 11.5 Å². The third kappa shape index (κ3) is 1.05. The van der Waals surface area contributed by atoms with Gasteiger partial charge in [-0.1, -0.05) is 0 Å². The highest BCUT2D eigenvalue weighted by Crippen LogP contribution is 2.24. The third-order valence-corrected chi connectivity index (χ3v) is 0.981. The van der Waals surface area contributed by atoms with Gasteiger partial charge in [-0.3, -0.25) is 5.73 Å². The van der Waals surface area contributed by atoms with Crippen LogP contribution in [0.4, 0.5) is 5.69 Å². The van der Waals surface area contributed by atoms with Gasteiger partial charge in [-0.25, -0.2) is 0 Å². The van der Waals surface area contributed by atoms with Gasteiger partial charge in [-0.05, 0) is 12.1 Å². The van der Waals surface area contributed by atoms with Crippen molar-refractivity contribution in [2.45, 2.75) is 0 Å². The van der Waals surface area contributed by atoms with Crippen molar-refractivity contribution in [3.63, 3.8) is 0 Å². The van der Waals surface area contributed by atoms with Crippen LogP contribution in [0.3, 0.4) is 0 Å². The molecule has 3 heteroatoms. The number of benzene rings is 1. The van der Waals surface area contributed by atoms with Gasteiger partial charge in [-0.15, -0.1) is 0 Å². The highest BCUT2D eigenvalue weighted by Gasteiger charge is 1.95. The molecule has 0 atom stereocenters. The van der Waals surface area contributed by atoms with Crippen LogP contribution < -0.4 is 5.73 Å². The van der Waals surface area contributed by atoms with Crippen LogP contribution in [0.1, 0.15) is 0 Å².